The third-order valence-electron chi connectivity index (χ3n) is 5.75. The van der Waals surface area contributed by atoms with Crippen LogP contribution in [-0.2, 0) is 0 Å². The van der Waals surface area contributed by atoms with E-state index in [2.05, 4.69) is 55.3 Å². The maximum Gasteiger partial charge on any atom is 0.307 e. The van der Waals surface area contributed by atoms with Crippen LogP contribution in [0.5, 0.6) is 0 Å². The number of anilines is 1. The molecule has 0 saturated heterocycles. The largest absolute Gasteiger partial charge is 0.451 e. The van der Waals surface area contributed by atoms with Crippen LogP contribution in [0.25, 0.3) is 11.0 Å². The quantitative estimate of drug-likeness (QED) is 0.486. The lowest BCUT2D eigenvalue weighted by atomic mass is 9.79. The van der Waals surface area contributed by atoms with Crippen LogP contribution in [0.4, 0.5) is 5.69 Å². The van der Waals surface area contributed by atoms with Crippen LogP contribution in [0.3, 0.4) is 0 Å². The van der Waals surface area contributed by atoms with Gasteiger partial charge < -0.3 is 9.32 Å². The van der Waals surface area contributed by atoms with Crippen molar-refractivity contribution < 1.29 is 9.21 Å². The average Bonchev–Trinajstić information content (AvgIpc) is 3.12. The Morgan fingerprint density at radius 3 is 2.83 bits per heavy atom. The summed E-state index contributed by atoms with van der Waals surface area (Å²) < 4.78 is 5.57. The standard InChI is InChI=1S/C24H27N3O2/c1-5-27-20-11-10-17(12-19(20)16(2)14-24(27,3)4)15-25-26-23(28)22-13-18-8-6-7-9-21(18)29-22/h6-13,15-16H,5,14H2,1-4H3,(H,26,28)/b25-15+/t16-/m0/s1. The topological polar surface area (TPSA) is 57.8 Å². The number of carbonyl (C=O) groups excluding carboxylic acids is 1. The molecule has 0 unspecified atom stereocenters. The lowest BCUT2D eigenvalue weighted by Gasteiger charge is -2.47. The van der Waals surface area contributed by atoms with Gasteiger partial charge in [0.2, 0.25) is 0 Å². The first kappa shape index (κ1) is 19.2. The minimum Gasteiger partial charge on any atom is -0.451 e. The van der Waals surface area contributed by atoms with Crippen molar-refractivity contribution in [1.29, 1.82) is 0 Å². The minimum atomic E-state index is -0.359. The molecule has 5 heteroatoms. The molecule has 0 radical (unpaired) electrons. The molecule has 150 valence electrons. The summed E-state index contributed by atoms with van der Waals surface area (Å²) >= 11 is 0. The zero-order valence-electron chi connectivity index (χ0n) is 17.4. The van der Waals surface area contributed by atoms with E-state index >= 15 is 0 Å². The molecule has 2 aromatic carbocycles. The molecular weight excluding hydrogens is 362 g/mol. The van der Waals surface area contributed by atoms with Gasteiger partial charge in [0, 0.05) is 23.2 Å². The predicted octanol–water partition coefficient (Wildman–Crippen LogP) is 5.31. The van der Waals surface area contributed by atoms with Crippen molar-refractivity contribution in [3.8, 4) is 0 Å². The molecule has 0 aliphatic carbocycles. The van der Waals surface area contributed by atoms with E-state index in [1.54, 1.807) is 12.3 Å². The van der Waals surface area contributed by atoms with Crippen molar-refractivity contribution in [2.45, 2.75) is 45.6 Å². The number of carbonyl (C=O) groups is 1. The van der Waals surface area contributed by atoms with Crippen molar-refractivity contribution in [3.63, 3.8) is 0 Å². The van der Waals surface area contributed by atoms with Crippen LogP contribution in [0.2, 0.25) is 0 Å². The molecule has 1 aliphatic heterocycles. The van der Waals surface area contributed by atoms with E-state index in [9.17, 15) is 4.79 Å². The SMILES string of the molecule is CCN1c2ccc(/C=N/NC(=O)c3cc4ccccc4o3)cc2[C@@H](C)CC1(C)C. The summed E-state index contributed by atoms with van der Waals surface area (Å²) in [5.41, 5.74) is 6.99. The molecule has 2 heterocycles. The van der Waals surface area contributed by atoms with Gasteiger partial charge in [-0.2, -0.15) is 5.10 Å². The fourth-order valence-corrected chi connectivity index (χ4v) is 4.50. The molecule has 0 fully saturated rings. The Morgan fingerprint density at radius 1 is 1.28 bits per heavy atom. The second-order valence-electron chi connectivity index (χ2n) is 8.33. The van der Waals surface area contributed by atoms with Crippen molar-refractivity contribution >= 4 is 28.8 Å². The number of nitrogens with zero attached hydrogens (tertiary/aromatic N) is 2. The first-order valence-electron chi connectivity index (χ1n) is 10.1. The van der Waals surface area contributed by atoms with E-state index in [-0.39, 0.29) is 17.2 Å². The molecule has 1 atom stereocenters. The van der Waals surface area contributed by atoms with Gasteiger partial charge in [-0.05, 0) is 68.5 Å². The molecular formula is C24H27N3O2. The first-order chi connectivity index (χ1) is 13.9. The first-order valence-corrected chi connectivity index (χ1v) is 10.1. The molecule has 0 bridgehead atoms. The normalized spacial score (nSPS) is 18.2. The van der Waals surface area contributed by atoms with Gasteiger partial charge in [-0.15, -0.1) is 0 Å². The van der Waals surface area contributed by atoms with Gasteiger partial charge in [0.05, 0.1) is 6.21 Å². The van der Waals surface area contributed by atoms with E-state index in [1.807, 2.05) is 30.3 Å². The summed E-state index contributed by atoms with van der Waals surface area (Å²) in [5.74, 6) is 0.368. The minimum absolute atomic E-state index is 0.150. The summed E-state index contributed by atoms with van der Waals surface area (Å²) in [4.78, 5) is 14.8. The van der Waals surface area contributed by atoms with Gasteiger partial charge in [-0.3, -0.25) is 4.79 Å². The highest BCUT2D eigenvalue weighted by Gasteiger charge is 2.35. The highest BCUT2D eigenvalue weighted by Crippen LogP contribution is 2.43. The van der Waals surface area contributed by atoms with Gasteiger partial charge in [-0.1, -0.05) is 31.2 Å². The van der Waals surface area contributed by atoms with E-state index in [4.69, 9.17) is 4.42 Å². The Balaban J connectivity index is 1.50. The Morgan fingerprint density at radius 2 is 2.07 bits per heavy atom. The second kappa shape index (κ2) is 7.39. The average molecular weight is 389 g/mol. The van der Waals surface area contributed by atoms with E-state index < -0.39 is 0 Å². The molecule has 0 saturated carbocycles. The van der Waals surface area contributed by atoms with Crippen LogP contribution in [0, 0.1) is 0 Å². The fraction of sp³-hybridized carbons (Fsp3) is 0.333. The van der Waals surface area contributed by atoms with Gasteiger partial charge in [0.15, 0.2) is 5.76 Å². The summed E-state index contributed by atoms with van der Waals surface area (Å²) in [7, 11) is 0. The predicted molar refractivity (Wildman–Crippen MR) is 118 cm³/mol. The zero-order chi connectivity index (χ0) is 20.6. The van der Waals surface area contributed by atoms with Crippen molar-refractivity contribution in [3.05, 3.63) is 65.4 Å². The van der Waals surface area contributed by atoms with Gasteiger partial charge in [0.1, 0.15) is 5.58 Å². The molecule has 1 aromatic heterocycles. The summed E-state index contributed by atoms with van der Waals surface area (Å²) in [6.07, 6.45) is 2.79. The van der Waals surface area contributed by atoms with E-state index in [1.165, 1.54) is 11.3 Å². The number of nitrogens with one attached hydrogen (secondary N) is 1. The molecule has 4 rings (SSSR count). The Labute approximate surface area is 171 Å². The number of rotatable bonds is 4. The smallest absolute Gasteiger partial charge is 0.307 e. The molecule has 0 spiro atoms. The molecule has 3 aromatic rings. The molecule has 1 aliphatic rings. The summed E-state index contributed by atoms with van der Waals surface area (Å²) in [6.45, 7) is 10.1. The highest BCUT2D eigenvalue weighted by molar-refractivity contribution is 5.96. The summed E-state index contributed by atoms with van der Waals surface area (Å²) in [5, 5.41) is 5.03. The maximum absolute atomic E-state index is 12.3. The third-order valence-corrected chi connectivity index (χ3v) is 5.75. The number of amides is 1. The van der Waals surface area contributed by atoms with E-state index in [0.29, 0.717) is 11.5 Å². The van der Waals surface area contributed by atoms with Gasteiger partial charge >= 0.3 is 5.91 Å². The number of benzene rings is 2. The highest BCUT2D eigenvalue weighted by atomic mass is 16.3. The number of hydrogen-bond acceptors (Lipinski definition) is 4. The number of furan rings is 1. The summed E-state index contributed by atoms with van der Waals surface area (Å²) in [6, 6.07) is 15.7. The Kier molecular flexibility index (Phi) is 4.91. The fourth-order valence-electron chi connectivity index (χ4n) is 4.50. The lowest BCUT2D eigenvalue weighted by Crippen LogP contribution is -2.48. The van der Waals surface area contributed by atoms with E-state index in [0.717, 1.165) is 23.9 Å². The van der Waals surface area contributed by atoms with Crippen molar-refractivity contribution in [1.82, 2.24) is 5.43 Å². The van der Waals surface area contributed by atoms with Gasteiger partial charge in [0.25, 0.3) is 0 Å². The zero-order valence-corrected chi connectivity index (χ0v) is 17.4. The molecule has 29 heavy (non-hydrogen) atoms. The Bertz CT molecular complexity index is 1050. The Hall–Kier alpha value is -3.08. The number of fused-ring (bicyclic) bond motifs is 2. The van der Waals surface area contributed by atoms with Crippen LogP contribution in [0.1, 0.15) is 61.7 Å². The monoisotopic (exact) mass is 389 g/mol. The number of hydrogen-bond donors (Lipinski definition) is 1. The molecule has 1 amide bonds. The number of para-hydroxylation sites is 1. The lowest BCUT2D eigenvalue weighted by molar-refractivity contribution is 0.0929. The van der Waals surface area contributed by atoms with Crippen molar-refractivity contribution in [2.75, 3.05) is 11.4 Å². The van der Waals surface area contributed by atoms with Crippen LogP contribution >= 0.6 is 0 Å². The van der Waals surface area contributed by atoms with Crippen LogP contribution < -0.4 is 10.3 Å². The molecule has 5 nitrogen and oxygen atoms in total. The molecule has 1 N–H and O–H groups in total. The maximum atomic E-state index is 12.3. The van der Waals surface area contributed by atoms with Gasteiger partial charge in [-0.25, -0.2) is 5.43 Å². The van der Waals surface area contributed by atoms with Crippen LogP contribution in [-0.4, -0.2) is 24.2 Å². The second-order valence-corrected chi connectivity index (χ2v) is 8.33. The van der Waals surface area contributed by atoms with Crippen LogP contribution in [0.15, 0.2) is 58.0 Å². The number of hydrazone groups is 1. The third kappa shape index (κ3) is 3.65. The van der Waals surface area contributed by atoms with Crippen molar-refractivity contribution in [2.24, 2.45) is 5.10 Å².